The third-order valence-electron chi connectivity index (χ3n) is 1.93. The third-order valence-corrected chi connectivity index (χ3v) is 2.26. The van der Waals surface area contributed by atoms with Crippen molar-refractivity contribution in [1.82, 2.24) is 0 Å². The van der Waals surface area contributed by atoms with Crippen molar-refractivity contribution in [3.8, 4) is 0 Å². The van der Waals surface area contributed by atoms with Gasteiger partial charge in [-0.2, -0.15) is 0 Å². The SMILES string of the molecule is CC(O)c1cccc(Cl)c1C(C)F. The average molecular weight is 203 g/mol. The van der Waals surface area contributed by atoms with E-state index in [1.165, 1.54) is 6.92 Å². The monoisotopic (exact) mass is 202 g/mol. The molecule has 0 aliphatic heterocycles. The zero-order valence-corrected chi connectivity index (χ0v) is 8.35. The number of aliphatic hydroxyl groups excluding tert-OH is 1. The molecule has 13 heavy (non-hydrogen) atoms. The average Bonchev–Trinajstić information content (AvgIpc) is 2.02. The van der Waals surface area contributed by atoms with Gasteiger partial charge in [-0.1, -0.05) is 23.7 Å². The van der Waals surface area contributed by atoms with Gasteiger partial charge in [-0.25, -0.2) is 4.39 Å². The van der Waals surface area contributed by atoms with Crippen molar-refractivity contribution < 1.29 is 9.50 Å². The fourth-order valence-electron chi connectivity index (χ4n) is 1.34. The molecule has 2 atom stereocenters. The summed E-state index contributed by atoms with van der Waals surface area (Å²) in [7, 11) is 0. The van der Waals surface area contributed by atoms with Gasteiger partial charge in [-0.3, -0.25) is 0 Å². The third kappa shape index (κ3) is 2.20. The van der Waals surface area contributed by atoms with Crippen molar-refractivity contribution in [2.45, 2.75) is 26.1 Å². The van der Waals surface area contributed by atoms with E-state index >= 15 is 0 Å². The summed E-state index contributed by atoms with van der Waals surface area (Å²) in [6, 6.07) is 5.01. The molecule has 0 heterocycles. The fraction of sp³-hybridized carbons (Fsp3) is 0.400. The highest BCUT2D eigenvalue weighted by Gasteiger charge is 2.15. The Kier molecular flexibility index (Phi) is 3.28. The van der Waals surface area contributed by atoms with Gasteiger partial charge >= 0.3 is 0 Å². The first-order valence-corrected chi connectivity index (χ1v) is 4.52. The van der Waals surface area contributed by atoms with Crippen molar-refractivity contribution in [2.24, 2.45) is 0 Å². The lowest BCUT2D eigenvalue weighted by Gasteiger charge is -2.14. The van der Waals surface area contributed by atoms with Gasteiger partial charge in [0.2, 0.25) is 0 Å². The molecule has 1 aromatic carbocycles. The zero-order valence-electron chi connectivity index (χ0n) is 7.59. The van der Waals surface area contributed by atoms with E-state index < -0.39 is 12.3 Å². The van der Waals surface area contributed by atoms with E-state index in [9.17, 15) is 9.50 Å². The standard InChI is InChI=1S/C10H12ClFO/c1-6(12)10-8(7(2)13)4-3-5-9(10)11/h3-7,13H,1-2H3. The van der Waals surface area contributed by atoms with Gasteiger partial charge in [0.05, 0.1) is 6.10 Å². The molecule has 1 nitrogen and oxygen atoms in total. The number of rotatable bonds is 2. The minimum atomic E-state index is -1.15. The molecule has 0 saturated carbocycles. The maximum Gasteiger partial charge on any atom is 0.124 e. The van der Waals surface area contributed by atoms with Gasteiger partial charge in [-0.05, 0) is 25.5 Å². The lowest BCUT2D eigenvalue weighted by atomic mass is 10.0. The van der Waals surface area contributed by atoms with Gasteiger partial charge in [0.25, 0.3) is 0 Å². The summed E-state index contributed by atoms with van der Waals surface area (Å²) in [6.45, 7) is 3.00. The molecule has 72 valence electrons. The molecule has 3 heteroatoms. The molecule has 1 rings (SSSR count). The molecule has 0 fully saturated rings. The van der Waals surface area contributed by atoms with Crippen LogP contribution in [0.25, 0.3) is 0 Å². The predicted octanol–water partition coefficient (Wildman–Crippen LogP) is 3.42. The van der Waals surface area contributed by atoms with Gasteiger partial charge < -0.3 is 5.11 Å². The maximum absolute atomic E-state index is 13.1. The van der Waals surface area contributed by atoms with Crippen LogP contribution in [-0.4, -0.2) is 5.11 Å². The normalized spacial score (nSPS) is 15.5. The molecule has 0 aliphatic rings. The molecule has 0 amide bonds. The molecule has 0 spiro atoms. The molecule has 0 aliphatic carbocycles. The second-order valence-electron chi connectivity index (χ2n) is 3.03. The van der Waals surface area contributed by atoms with E-state index in [-0.39, 0.29) is 0 Å². The molecule has 2 unspecified atom stereocenters. The lowest BCUT2D eigenvalue weighted by molar-refractivity contribution is 0.195. The Hall–Kier alpha value is -0.600. The van der Waals surface area contributed by atoms with Crippen LogP contribution in [-0.2, 0) is 0 Å². The van der Waals surface area contributed by atoms with E-state index in [4.69, 9.17) is 11.6 Å². The van der Waals surface area contributed by atoms with Crippen molar-refractivity contribution >= 4 is 11.6 Å². The lowest BCUT2D eigenvalue weighted by Crippen LogP contribution is -2.00. The number of benzene rings is 1. The number of hydrogen-bond donors (Lipinski definition) is 1. The molecule has 0 aromatic heterocycles. The maximum atomic E-state index is 13.1. The summed E-state index contributed by atoms with van der Waals surface area (Å²) >= 11 is 5.82. The summed E-state index contributed by atoms with van der Waals surface area (Å²) in [5.41, 5.74) is 0.946. The van der Waals surface area contributed by atoms with E-state index in [1.807, 2.05) is 0 Å². The number of alkyl halides is 1. The molecule has 0 saturated heterocycles. The Morgan fingerprint density at radius 1 is 1.38 bits per heavy atom. The summed E-state index contributed by atoms with van der Waals surface area (Å²) in [6.07, 6.45) is -1.84. The van der Waals surface area contributed by atoms with Gasteiger partial charge in [-0.15, -0.1) is 0 Å². The minimum Gasteiger partial charge on any atom is -0.389 e. The summed E-state index contributed by atoms with van der Waals surface area (Å²) in [5.74, 6) is 0. The van der Waals surface area contributed by atoms with Crippen LogP contribution in [0.1, 0.15) is 37.3 Å². The topological polar surface area (TPSA) is 20.2 Å². The molecule has 1 aromatic rings. The number of hydrogen-bond acceptors (Lipinski definition) is 1. The first kappa shape index (κ1) is 10.5. The van der Waals surface area contributed by atoms with E-state index in [0.717, 1.165) is 0 Å². The van der Waals surface area contributed by atoms with Crippen molar-refractivity contribution in [1.29, 1.82) is 0 Å². The van der Waals surface area contributed by atoms with Gasteiger partial charge in [0, 0.05) is 10.6 Å². The molecular weight excluding hydrogens is 191 g/mol. The van der Waals surface area contributed by atoms with E-state index in [2.05, 4.69) is 0 Å². The van der Waals surface area contributed by atoms with Crippen LogP contribution in [0.4, 0.5) is 4.39 Å². The Morgan fingerprint density at radius 2 is 2.00 bits per heavy atom. The largest absolute Gasteiger partial charge is 0.389 e. The van der Waals surface area contributed by atoms with Crippen LogP contribution in [0, 0.1) is 0 Å². The van der Waals surface area contributed by atoms with Crippen LogP contribution in [0.2, 0.25) is 5.02 Å². The summed E-state index contributed by atoms with van der Waals surface area (Å²) in [5, 5.41) is 9.72. The Balaban J connectivity index is 3.26. The minimum absolute atomic E-state index is 0.369. The van der Waals surface area contributed by atoms with Crippen LogP contribution in [0.3, 0.4) is 0 Å². The Bertz CT molecular complexity index is 297. The highest BCUT2D eigenvalue weighted by atomic mass is 35.5. The first-order valence-electron chi connectivity index (χ1n) is 4.14. The zero-order chi connectivity index (χ0) is 10.0. The summed E-state index contributed by atoms with van der Waals surface area (Å²) in [4.78, 5) is 0. The molecular formula is C10H12ClFO. The number of halogens is 2. The van der Waals surface area contributed by atoms with Crippen LogP contribution >= 0.6 is 11.6 Å². The predicted molar refractivity (Wildman–Crippen MR) is 51.6 cm³/mol. The van der Waals surface area contributed by atoms with Crippen molar-refractivity contribution in [2.75, 3.05) is 0 Å². The van der Waals surface area contributed by atoms with Crippen molar-refractivity contribution in [3.05, 3.63) is 34.3 Å². The van der Waals surface area contributed by atoms with Gasteiger partial charge in [0.15, 0.2) is 0 Å². The van der Waals surface area contributed by atoms with Crippen molar-refractivity contribution in [3.63, 3.8) is 0 Å². The van der Waals surface area contributed by atoms with E-state index in [1.54, 1.807) is 25.1 Å². The second kappa shape index (κ2) is 4.07. The first-order chi connectivity index (χ1) is 6.04. The van der Waals surface area contributed by atoms with Crippen LogP contribution in [0.15, 0.2) is 18.2 Å². The molecule has 0 bridgehead atoms. The highest BCUT2D eigenvalue weighted by molar-refractivity contribution is 6.31. The Labute approximate surface area is 82.2 Å². The number of aliphatic hydroxyl groups is 1. The van der Waals surface area contributed by atoms with E-state index in [0.29, 0.717) is 16.1 Å². The molecule has 1 N–H and O–H groups in total. The van der Waals surface area contributed by atoms with Crippen LogP contribution < -0.4 is 0 Å². The molecule has 0 radical (unpaired) electrons. The summed E-state index contributed by atoms with van der Waals surface area (Å²) < 4.78 is 13.1. The van der Waals surface area contributed by atoms with Gasteiger partial charge in [0.1, 0.15) is 6.17 Å². The second-order valence-corrected chi connectivity index (χ2v) is 3.44. The fourth-order valence-corrected chi connectivity index (χ4v) is 1.67. The smallest absolute Gasteiger partial charge is 0.124 e. The van der Waals surface area contributed by atoms with Crippen LogP contribution in [0.5, 0.6) is 0 Å². The Morgan fingerprint density at radius 3 is 2.38 bits per heavy atom. The quantitative estimate of drug-likeness (QED) is 0.779. The highest BCUT2D eigenvalue weighted by Crippen LogP contribution is 2.32.